The average molecular weight is 489 g/mol. The number of anilines is 1. The Balaban J connectivity index is 0.00000199. The Kier molecular flexibility index (Phi) is 11.6. The van der Waals surface area contributed by atoms with Crippen molar-refractivity contribution in [1.82, 2.24) is 15.2 Å². The lowest BCUT2D eigenvalue weighted by atomic mass is 10.0. The fourth-order valence-corrected chi connectivity index (χ4v) is 4.58. The predicted octanol–water partition coefficient (Wildman–Crippen LogP) is 7.13. The summed E-state index contributed by atoms with van der Waals surface area (Å²) in [6, 6.07) is 7.82. The highest BCUT2D eigenvalue weighted by Gasteiger charge is 2.22. The molecular weight excluding hydrogens is 450 g/mol. The van der Waals surface area contributed by atoms with Crippen molar-refractivity contribution >= 4 is 33.3 Å². The van der Waals surface area contributed by atoms with Crippen molar-refractivity contribution in [2.75, 3.05) is 31.8 Å². The zero-order valence-electron chi connectivity index (χ0n) is 20.8. The number of nitrogens with one attached hydrogen (secondary N) is 2. The van der Waals surface area contributed by atoms with Crippen LogP contribution in [0.1, 0.15) is 46.1 Å². The van der Waals surface area contributed by atoms with Crippen molar-refractivity contribution in [2.24, 2.45) is 0 Å². The Morgan fingerprint density at radius 2 is 1.85 bits per heavy atom. The summed E-state index contributed by atoms with van der Waals surface area (Å²) < 4.78 is 25.5. The molecule has 0 bridgehead atoms. The van der Waals surface area contributed by atoms with Gasteiger partial charge in [0, 0.05) is 35.6 Å². The van der Waals surface area contributed by atoms with Gasteiger partial charge in [0.2, 0.25) is 0 Å². The number of fused-ring (bicyclic) bond motifs is 1. The van der Waals surface area contributed by atoms with Gasteiger partial charge in [-0.25, -0.2) is 13.8 Å². The van der Waals surface area contributed by atoms with Crippen molar-refractivity contribution in [1.29, 1.82) is 0 Å². The second kappa shape index (κ2) is 14.1. The van der Waals surface area contributed by atoms with E-state index in [1.54, 1.807) is 11.8 Å². The number of nitrogens with zero attached hydrogens (tertiary/aromatic N) is 2. The molecule has 0 atom stereocenters. The first kappa shape index (κ1) is 27.9. The number of allylic oxidation sites excluding steroid dienone is 2. The molecule has 1 aromatic heterocycles. The predicted molar refractivity (Wildman–Crippen MR) is 145 cm³/mol. The minimum Gasteiger partial charge on any atom is -0.359 e. The summed E-state index contributed by atoms with van der Waals surface area (Å²) in [5, 5.41) is 8.56. The van der Waals surface area contributed by atoms with Crippen LogP contribution in [0.15, 0.2) is 60.4 Å². The van der Waals surface area contributed by atoms with Crippen LogP contribution in [0.3, 0.4) is 0 Å². The standard InChI is InChI=1S/C25H32F2N4S.C2H6/c1-5-24(32-17(2)3)19-6-7-20-16-28-25(13-21(20)12-19)29-18(4)31-10-8-22(9-11-31)30-23(14-26)15-27;1-2/h5-7,12-13,16,22-23,30H,2,4,8-11,14-15H2,1,3H3,(H,28,29);1-2H3/b24-5+;. The molecule has 34 heavy (non-hydrogen) atoms. The molecule has 0 spiro atoms. The molecular formula is C27H38F2N4S. The summed E-state index contributed by atoms with van der Waals surface area (Å²) in [7, 11) is 0. The third kappa shape index (κ3) is 7.84. The Hall–Kier alpha value is -2.38. The van der Waals surface area contributed by atoms with Crippen molar-refractivity contribution in [2.45, 2.75) is 52.6 Å². The van der Waals surface area contributed by atoms with Gasteiger partial charge in [0.25, 0.3) is 0 Å². The fraction of sp³-hybridized carbons (Fsp3) is 0.444. The third-order valence-corrected chi connectivity index (χ3v) is 6.59. The Bertz CT molecular complexity index is 980. The molecule has 1 fully saturated rings. The molecule has 2 aromatic rings. The highest BCUT2D eigenvalue weighted by Crippen LogP contribution is 2.34. The quantitative estimate of drug-likeness (QED) is 0.372. The molecule has 3 rings (SSSR count). The zero-order valence-corrected chi connectivity index (χ0v) is 21.7. The van der Waals surface area contributed by atoms with Crippen LogP contribution in [0.2, 0.25) is 0 Å². The van der Waals surface area contributed by atoms with Crippen molar-refractivity contribution in [3.8, 4) is 0 Å². The second-order valence-corrected chi connectivity index (χ2v) is 9.43. The smallest absolute Gasteiger partial charge is 0.131 e. The van der Waals surface area contributed by atoms with Crippen molar-refractivity contribution in [3.05, 3.63) is 66.0 Å². The van der Waals surface area contributed by atoms with Gasteiger partial charge in [0.05, 0.1) is 11.9 Å². The van der Waals surface area contributed by atoms with Gasteiger partial charge in [-0.2, -0.15) is 0 Å². The number of rotatable bonds is 10. The Labute approximate surface area is 207 Å². The number of piperidine rings is 1. The SMILES string of the molecule is C=C(C)S/C(=C/C)c1ccc2cnc(NC(=C)N3CCC(NC(CF)CF)CC3)cc2c1.CC. The topological polar surface area (TPSA) is 40.2 Å². The van der Waals surface area contributed by atoms with E-state index in [9.17, 15) is 8.78 Å². The molecule has 0 saturated carbocycles. The molecule has 1 aromatic carbocycles. The maximum Gasteiger partial charge on any atom is 0.131 e. The molecule has 186 valence electrons. The maximum absolute atomic E-state index is 12.8. The molecule has 0 radical (unpaired) electrons. The van der Waals surface area contributed by atoms with Gasteiger partial charge in [-0.15, -0.1) is 0 Å². The van der Waals surface area contributed by atoms with Crippen LogP contribution in [-0.4, -0.2) is 48.4 Å². The summed E-state index contributed by atoms with van der Waals surface area (Å²) in [6.45, 7) is 16.4. The highest BCUT2D eigenvalue weighted by molar-refractivity contribution is 8.11. The number of hydrogen-bond donors (Lipinski definition) is 2. The first-order chi connectivity index (χ1) is 16.4. The van der Waals surface area contributed by atoms with Crippen LogP contribution in [0, 0.1) is 0 Å². The van der Waals surface area contributed by atoms with Crippen LogP contribution in [0.5, 0.6) is 0 Å². The van der Waals surface area contributed by atoms with E-state index in [-0.39, 0.29) is 6.04 Å². The van der Waals surface area contributed by atoms with Gasteiger partial charge in [0.1, 0.15) is 19.2 Å². The number of hydrogen-bond acceptors (Lipinski definition) is 5. The van der Waals surface area contributed by atoms with E-state index in [0.29, 0.717) is 0 Å². The summed E-state index contributed by atoms with van der Waals surface area (Å²) in [5.41, 5.74) is 1.15. The molecule has 0 unspecified atom stereocenters. The number of likely N-dealkylation sites (tertiary alicyclic amines) is 1. The van der Waals surface area contributed by atoms with Gasteiger partial charge >= 0.3 is 0 Å². The van der Waals surface area contributed by atoms with Gasteiger partial charge in [-0.05, 0) is 54.7 Å². The minimum absolute atomic E-state index is 0.130. The Morgan fingerprint density at radius 3 is 2.44 bits per heavy atom. The highest BCUT2D eigenvalue weighted by atomic mass is 32.2. The summed E-state index contributed by atoms with van der Waals surface area (Å²) >= 11 is 1.67. The number of halogens is 2. The van der Waals surface area contributed by atoms with E-state index in [4.69, 9.17) is 0 Å². The number of thioether (sulfide) groups is 1. The Morgan fingerprint density at radius 1 is 1.18 bits per heavy atom. The number of aromatic nitrogens is 1. The second-order valence-electron chi connectivity index (χ2n) is 8.09. The monoisotopic (exact) mass is 488 g/mol. The number of alkyl halides is 2. The molecule has 0 amide bonds. The first-order valence-electron chi connectivity index (χ1n) is 11.9. The maximum atomic E-state index is 12.8. The average Bonchev–Trinajstić information content (AvgIpc) is 2.86. The van der Waals surface area contributed by atoms with Crippen molar-refractivity contribution < 1.29 is 8.78 Å². The van der Waals surface area contributed by atoms with Crippen LogP contribution in [0.25, 0.3) is 15.7 Å². The minimum atomic E-state index is -0.698. The van der Waals surface area contributed by atoms with Gasteiger partial charge in [0.15, 0.2) is 0 Å². The van der Waals surface area contributed by atoms with E-state index in [0.717, 1.165) is 58.8 Å². The summed E-state index contributed by atoms with van der Waals surface area (Å²) in [4.78, 5) is 8.91. The van der Waals surface area contributed by atoms with Gasteiger partial charge < -0.3 is 15.5 Å². The van der Waals surface area contributed by atoms with E-state index in [1.807, 2.05) is 40.0 Å². The molecule has 4 nitrogen and oxygen atoms in total. The van der Waals surface area contributed by atoms with E-state index in [2.05, 4.69) is 58.0 Å². The molecule has 0 aliphatic carbocycles. The van der Waals surface area contributed by atoms with E-state index < -0.39 is 19.4 Å². The molecule has 2 heterocycles. The first-order valence-corrected chi connectivity index (χ1v) is 12.7. The number of pyridine rings is 1. The van der Waals surface area contributed by atoms with E-state index >= 15 is 0 Å². The van der Waals surface area contributed by atoms with Crippen LogP contribution >= 0.6 is 11.8 Å². The lowest BCUT2D eigenvalue weighted by Crippen LogP contribution is -2.47. The molecule has 1 aliphatic heterocycles. The molecule has 1 aliphatic rings. The number of benzene rings is 1. The van der Waals surface area contributed by atoms with Crippen LogP contribution < -0.4 is 10.6 Å². The van der Waals surface area contributed by atoms with Crippen LogP contribution in [-0.2, 0) is 0 Å². The van der Waals surface area contributed by atoms with Crippen LogP contribution in [0.4, 0.5) is 14.6 Å². The molecule has 2 N–H and O–H groups in total. The molecule has 1 saturated heterocycles. The summed E-state index contributed by atoms with van der Waals surface area (Å²) in [5.74, 6) is 1.52. The zero-order chi connectivity index (χ0) is 25.1. The van der Waals surface area contributed by atoms with Gasteiger partial charge in [-0.1, -0.05) is 57.0 Å². The normalized spacial score (nSPS) is 14.7. The molecule has 7 heteroatoms. The lowest BCUT2D eigenvalue weighted by molar-refractivity contribution is 0.210. The largest absolute Gasteiger partial charge is 0.359 e. The van der Waals surface area contributed by atoms with E-state index in [1.165, 1.54) is 4.91 Å². The van der Waals surface area contributed by atoms with Gasteiger partial charge in [-0.3, -0.25) is 0 Å². The van der Waals surface area contributed by atoms with Crippen molar-refractivity contribution in [3.63, 3.8) is 0 Å². The third-order valence-electron chi connectivity index (χ3n) is 5.55. The lowest BCUT2D eigenvalue weighted by Gasteiger charge is -2.36. The summed E-state index contributed by atoms with van der Waals surface area (Å²) in [6.07, 6.45) is 5.60. The fourth-order valence-electron chi connectivity index (χ4n) is 3.84.